The van der Waals surface area contributed by atoms with Crippen LogP contribution >= 0.6 is 11.6 Å². The van der Waals surface area contributed by atoms with E-state index in [9.17, 15) is 14.4 Å². The van der Waals surface area contributed by atoms with Gasteiger partial charge in [0, 0.05) is 13.1 Å². The van der Waals surface area contributed by atoms with Crippen LogP contribution in [0, 0.1) is 6.92 Å². The minimum Gasteiger partial charge on any atom is -0.467 e. The molecule has 0 aliphatic carbocycles. The summed E-state index contributed by atoms with van der Waals surface area (Å²) >= 11 is 5.99. The lowest BCUT2D eigenvalue weighted by Gasteiger charge is -2.40. The summed E-state index contributed by atoms with van der Waals surface area (Å²) in [7, 11) is 1.26. The molecule has 3 heterocycles. The van der Waals surface area contributed by atoms with Gasteiger partial charge in [0.25, 0.3) is 0 Å². The average molecular weight is 426 g/mol. The van der Waals surface area contributed by atoms with Crippen LogP contribution in [0.15, 0.2) is 4.79 Å². The first-order valence-corrected chi connectivity index (χ1v) is 9.58. The van der Waals surface area contributed by atoms with Gasteiger partial charge in [0.1, 0.15) is 11.1 Å². The Kier molecular flexibility index (Phi) is 5.33. The van der Waals surface area contributed by atoms with Crippen molar-refractivity contribution in [1.29, 1.82) is 0 Å². The van der Waals surface area contributed by atoms with E-state index in [1.807, 2.05) is 0 Å². The van der Waals surface area contributed by atoms with Crippen LogP contribution in [0.3, 0.4) is 0 Å². The van der Waals surface area contributed by atoms with Crippen LogP contribution in [0.5, 0.6) is 0 Å². The molecule has 2 aromatic rings. The topological polar surface area (TPSA) is 119 Å². The Balaban J connectivity index is 2.03. The van der Waals surface area contributed by atoms with Crippen molar-refractivity contribution in [2.45, 2.75) is 51.7 Å². The molecule has 1 aliphatic heterocycles. The molecule has 1 aliphatic rings. The van der Waals surface area contributed by atoms with Crippen LogP contribution < -0.4 is 5.69 Å². The van der Waals surface area contributed by atoms with Gasteiger partial charge in [-0.3, -0.25) is 4.57 Å². The number of halogens is 1. The molecule has 1 amide bonds. The number of rotatable bonds is 2. The number of carbonyl (C=O) groups excluding carboxylic acids is 2. The first-order valence-electron chi connectivity index (χ1n) is 9.20. The van der Waals surface area contributed by atoms with Gasteiger partial charge >= 0.3 is 17.8 Å². The van der Waals surface area contributed by atoms with Crippen LogP contribution in [-0.4, -0.2) is 62.3 Å². The number of methoxy groups -OCH3 is 1. The highest BCUT2D eigenvalue weighted by Gasteiger charge is 2.48. The standard InChI is InChI=1S/C18H24ClN5O5/c1-10-11-12(22-14(19)20-10)24(15(26)21-11)18(13(25)28-5)6-8-23(9-7-18)16(27)29-17(2,3)4/h6-9H2,1-5H3,(H,21,26). The van der Waals surface area contributed by atoms with Gasteiger partial charge in [-0.15, -0.1) is 0 Å². The predicted octanol–water partition coefficient (Wildman–Crippen LogP) is 1.98. The molecule has 1 N–H and O–H groups in total. The minimum absolute atomic E-state index is 0.0334. The Morgan fingerprint density at radius 3 is 2.38 bits per heavy atom. The fraction of sp³-hybridized carbons (Fsp3) is 0.611. The monoisotopic (exact) mass is 425 g/mol. The number of carbonyl (C=O) groups is 2. The summed E-state index contributed by atoms with van der Waals surface area (Å²) in [6.07, 6.45) is -0.151. The van der Waals surface area contributed by atoms with E-state index in [0.29, 0.717) is 11.2 Å². The molecule has 0 atom stereocenters. The van der Waals surface area contributed by atoms with Gasteiger partial charge in [0.15, 0.2) is 11.2 Å². The number of aromatic amines is 1. The van der Waals surface area contributed by atoms with Crippen molar-refractivity contribution in [3.63, 3.8) is 0 Å². The summed E-state index contributed by atoms with van der Waals surface area (Å²) in [4.78, 5) is 50.5. The lowest BCUT2D eigenvalue weighted by atomic mass is 9.87. The zero-order valence-electron chi connectivity index (χ0n) is 17.0. The lowest BCUT2D eigenvalue weighted by molar-refractivity contribution is -0.154. The van der Waals surface area contributed by atoms with Crippen molar-refractivity contribution in [3.8, 4) is 0 Å². The highest BCUT2D eigenvalue weighted by atomic mass is 35.5. The second-order valence-electron chi connectivity index (χ2n) is 8.03. The molecule has 0 spiro atoms. The number of H-pyrrole nitrogens is 1. The van der Waals surface area contributed by atoms with Crippen molar-refractivity contribution < 1.29 is 19.1 Å². The summed E-state index contributed by atoms with van der Waals surface area (Å²) in [5.41, 5.74) is -1.36. The van der Waals surface area contributed by atoms with Gasteiger partial charge in [-0.25, -0.2) is 19.4 Å². The van der Waals surface area contributed by atoms with Crippen molar-refractivity contribution in [1.82, 2.24) is 24.4 Å². The number of imidazole rings is 1. The smallest absolute Gasteiger partial charge is 0.410 e. The number of fused-ring (bicyclic) bond motifs is 1. The van der Waals surface area contributed by atoms with E-state index in [0.717, 1.165) is 0 Å². The van der Waals surface area contributed by atoms with E-state index < -0.39 is 28.9 Å². The molecule has 3 rings (SSSR count). The number of nitrogens with zero attached hydrogens (tertiary/aromatic N) is 4. The van der Waals surface area contributed by atoms with Crippen molar-refractivity contribution in [2.24, 2.45) is 0 Å². The third-order valence-electron chi connectivity index (χ3n) is 4.93. The molecule has 1 fully saturated rings. The van der Waals surface area contributed by atoms with Gasteiger partial charge in [-0.05, 0) is 52.1 Å². The van der Waals surface area contributed by atoms with Crippen LogP contribution in [-0.2, 0) is 19.8 Å². The van der Waals surface area contributed by atoms with E-state index in [2.05, 4.69) is 15.0 Å². The van der Waals surface area contributed by atoms with E-state index in [1.54, 1.807) is 27.7 Å². The van der Waals surface area contributed by atoms with Gasteiger partial charge in [0.05, 0.1) is 12.8 Å². The second kappa shape index (κ2) is 7.33. The molecule has 0 aromatic carbocycles. The molecular formula is C18H24ClN5O5. The number of ether oxygens (including phenoxy) is 2. The quantitative estimate of drug-likeness (QED) is 0.577. The Bertz CT molecular complexity index is 1010. The van der Waals surface area contributed by atoms with Crippen LogP contribution in [0.1, 0.15) is 39.3 Å². The van der Waals surface area contributed by atoms with E-state index >= 15 is 0 Å². The van der Waals surface area contributed by atoms with Crippen LogP contribution in [0.2, 0.25) is 5.28 Å². The molecule has 0 bridgehead atoms. The predicted molar refractivity (Wildman–Crippen MR) is 105 cm³/mol. The highest BCUT2D eigenvalue weighted by Crippen LogP contribution is 2.34. The summed E-state index contributed by atoms with van der Waals surface area (Å²) in [5.74, 6) is -0.586. The van der Waals surface area contributed by atoms with Crippen LogP contribution in [0.25, 0.3) is 11.2 Å². The molecular weight excluding hydrogens is 402 g/mol. The van der Waals surface area contributed by atoms with Gasteiger partial charge in [-0.1, -0.05) is 0 Å². The van der Waals surface area contributed by atoms with Gasteiger partial charge in [-0.2, -0.15) is 4.98 Å². The van der Waals surface area contributed by atoms with E-state index in [1.165, 1.54) is 16.6 Å². The van der Waals surface area contributed by atoms with E-state index in [4.69, 9.17) is 21.1 Å². The first kappa shape index (κ1) is 21.1. The zero-order valence-corrected chi connectivity index (χ0v) is 17.8. The molecule has 1 saturated heterocycles. The third-order valence-corrected chi connectivity index (χ3v) is 5.10. The SMILES string of the molecule is COC(=O)C1(n2c(=O)[nH]c3c(C)nc(Cl)nc32)CCN(C(=O)OC(C)(C)C)CC1. The number of amides is 1. The summed E-state index contributed by atoms with van der Waals surface area (Å²) < 4.78 is 11.7. The fourth-order valence-electron chi connectivity index (χ4n) is 3.58. The number of likely N-dealkylation sites (tertiary alicyclic amines) is 1. The number of piperidine rings is 1. The summed E-state index contributed by atoms with van der Waals surface area (Å²) in [6, 6.07) is 0. The Hall–Kier alpha value is -2.62. The van der Waals surface area contributed by atoms with E-state index in [-0.39, 0.29) is 36.9 Å². The normalized spacial score (nSPS) is 16.7. The Labute approximate surface area is 172 Å². The third kappa shape index (κ3) is 3.81. The summed E-state index contributed by atoms with van der Waals surface area (Å²) in [6.45, 7) is 7.45. The van der Waals surface area contributed by atoms with Crippen molar-refractivity contribution >= 4 is 34.8 Å². The molecule has 0 unspecified atom stereocenters. The lowest BCUT2D eigenvalue weighted by Crippen LogP contribution is -2.55. The van der Waals surface area contributed by atoms with Crippen molar-refractivity contribution in [3.05, 3.63) is 21.5 Å². The maximum Gasteiger partial charge on any atom is 0.410 e. The molecule has 0 radical (unpaired) electrons. The number of hydrogen-bond donors (Lipinski definition) is 1. The Morgan fingerprint density at radius 1 is 1.21 bits per heavy atom. The molecule has 158 valence electrons. The van der Waals surface area contributed by atoms with Gasteiger partial charge in [0.2, 0.25) is 5.28 Å². The van der Waals surface area contributed by atoms with Crippen LogP contribution in [0.4, 0.5) is 4.79 Å². The number of esters is 1. The largest absolute Gasteiger partial charge is 0.467 e. The number of aryl methyl sites for hydroxylation is 1. The molecule has 2 aromatic heterocycles. The number of aromatic nitrogens is 4. The molecule has 11 heteroatoms. The molecule has 29 heavy (non-hydrogen) atoms. The van der Waals surface area contributed by atoms with Crippen molar-refractivity contribution in [2.75, 3.05) is 20.2 Å². The Morgan fingerprint density at radius 2 is 1.83 bits per heavy atom. The molecule has 10 nitrogen and oxygen atoms in total. The molecule has 0 saturated carbocycles. The second-order valence-corrected chi connectivity index (χ2v) is 8.37. The maximum absolute atomic E-state index is 12.9. The maximum atomic E-state index is 12.9. The average Bonchev–Trinajstić information content (AvgIpc) is 2.96. The fourth-order valence-corrected chi connectivity index (χ4v) is 3.79. The number of nitrogens with one attached hydrogen (secondary N) is 1. The first-order chi connectivity index (χ1) is 13.5. The minimum atomic E-state index is -1.33. The summed E-state index contributed by atoms with van der Waals surface area (Å²) in [5, 5.41) is -0.0334. The highest BCUT2D eigenvalue weighted by molar-refractivity contribution is 6.28. The number of hydrogen-bond acceptors (Lipinski definition) is 7. The van der Waals surface area contributed by atoms with Gasteiger partial charge < -0.3 is 19.4 Å². The zero-order chi connectivity index (χ0) is 21.6.